The monoisotopic (exact) mass is 369 g/mol. The van der Waals surface area contributed by atoms with Gasteiger partial charge in [-0.1, -0.05) is 36.4 Å². The number of H-pyrrole nitrogens is 1. The number of imidazole rings is 1. The molecule has 2 aromatic heterocycles. The first-order valence-electron chi connectivity index (χ1n) is 9.95. The van der Waals surface area contributed by atoms with Gasteiger partial charge in [0.25, 0.3) is 5.56 Å². The molecule has 1 aliphatic carbocycles. The third kappa shape index (κ3) is 2.76. The molecule has 1 N–H and O–H groups in total. The van der Waals surface area contributed by atoms with E-state index in [0.717, 1.165) is 33.9 Å². The standard InChI is InChI=1S/C24H23N3O/c1-3-27-21-12-11-18(13-20(21)19(14-22(27)28)16-9-10-16)24-23(25-15(2)26-24)17-7-5-4-6-8-17/h4-8,11-14,16H,3,9-10H2,1-2H3,(H,25,26). The number of rotatable bonds is 4. The summed E-state index contributed by atoms with van der Waals surface area (Å²) in [5, 5.41) is 1.18. The Morgan fingerprint density at radius 1 is 1.07 bits per heavy atom. The van der Waals surface area contributed by atoms with Crippen molar-refractivity contribution >= 4 is 10.9 Å². The lowest BCUT2D eigenvalue weighted by atomic mass is 9.99. The zero-order valence-corrected chi connectivity index (χ0v) is 16.2. The highest BCUT2D eigenvalue weighted by Gasteiger charge is 2.27. The predicted molar refractivity (Wildman–Crippen MR) is 114 cm³/mol. The van der Waals surface area contributed by atoms with E-state index in [4.69, 9.17) is 4.98 Å². The second kappa shape index (κ2) is 6.48. The van der Waals surface area contributed by atoms with E-state index in [-0.39, 0.29) is 5.56 Å². The molecule has 0 saturated heterocycles. The Hall–Kier alpha value is -3.14. The number of benzene rings is 2. The maximum atomic E-state index is 12.6. The lowest BCUT2D eigenvalue weighted by Crippen LogP contribution is -2.19. The van der Waals surface area contributed by atoms with Gasteiger partial charge in [0.15, 0.2) is 0 Å². The zero-order valence-electron chi connectivity index (χ0n) is 16.2. The number of nitrogens with zero attached hydrogens (tertiary/aromatic N) is 2. The summed E-state index contributed by atoms with van der Waals surface area (Å²) in [5.74, 6) is 1.42. The van der Waals surface area contributed by atoms with Crippen molar-refractivity contribution in [3.63, 3.8) is 0 Å². The molecule has 0 amide bonds. The van der Waals surface area contributed by atoms with Crippen molar-refractivity contribution in [2.24, 2.45) is 0 Å². The van der Waals surface area contributed by atoms with Crippen molar-refractivity contribution in [3.05, 3.63) is 76.3 Å². The maximum absolute atomic E-state index is 12.6. The second-order valence-electron chi connectivity index (χ2n) is 7.60. The van der Waals surface area contributed by atoms with Crippen LogP contribution in [0.3, 0.4) is 0 Å². The molecule has 2 aromatic carbocycles. The Balaban J connectivity index is 1.75. The molecule has 1 fully saturated rings. The van der Waals surface area contributed by atoms with Crippen LogP contribution in [0.25, 0.3) is 33.4 Å². The maximum Gasteiger partial charge on any atom is 0.251 e. The quantitative estimate of drug-likeness (QED) is 0.533. The summed E-state index contributed by atoms with van der Waals surface area (Å²) in [6, 6.07) is 18.5. The first-order valence-corrected chi connectivity index (χ1v) is 9.95. The molecule has 1 saturated carbocycles. The smallest absolute Gasteiger partial charge is 0.251 e. The average Bonchev–Trinajstić information content (AvgIpc) is 3.49. The molecule has 4 heteroatoms. The summed E-state index contributed by atoms with van der Waals surface area (Å²) in [4.78, 5) is 20.8. The van der Waals surface area contributed by atoms with E-state index in [1.807, 2.05) is 42.7 Å². The number of nitrogens with one attached hydrogen (secondary N) is 1. The van der Waals surface area contributed by atoms with Gasteiger partial charge in [0.05, 0.1) is 16.9 Å². The van der Waals surface area contributed by atoms with Crippen molar-refractivity contribution in [1.82, 2.24) is 14.5 Å². The van der Waals surface area contributed by atoms with E-state index >= 15 is 0 Å². The van der Waals surface area contributed by atoms with Crippen LogP contribution in [0.15, 0.2) is 59.4 Å². The molecule has 0 radical (unpaired) electrons. The van der Waals surface area contributed by atoms with Crippen LogP contribution in [0.2, 0.25) is 0 Å². The lowest BCUT2D eigenvalue weighted by molar-refractivity contribution is 0.757. The Morgan fingerprint density at radius 2 is 1.86 bits per heavy atom. The highest BCUT2D eigenvalue weighted by atomic mass is 16.1. The van der Waals surface area contributed by atoms with Gasteiger partial charge in [-0.25, -0.2) is 4.98 Å². The van der Waals surface area contributed by atoms with E-state index in [2.05, 4.69) is 35.3 Å². The van der Waals surface area contributed by atoms with Gasteiger partial charge in [0.2, 0.25) is 0 Å². The van der Waals surface area contributed by atoms with Crippen LogP contribution in [0.1, 0.15) is 37.1 Å². The molecule has 140 valence electrons. The molecule has 0 atom stereocenters. The van der Waals surface area contributed by atoms with E-state index < -0.39 is 0 Å². The number of hydrogen-bond donors (Lipinski definition) is 1. The van der Waals surface area contributed by atoms with Gasteiger partial charge >= 0.3 is 0 Å². The predicted octanol–water partition coefficient (Wildman–Crippen LogP) is 5.26. The van der Waals surface area contributed by atoms with Crippen LogP contribution >= 0.6 is 0 Å². The molecule has 0 aliphatic heterocycles. The molecule has 0 unspecified atom stereocenters. The fourth-order valence-electron chi connectivity index (χ4n) is 4.13. The third-order valence-electron chi connectivity index (χ3n) is 5.63. The van der Waals surface area contributed by atoms with E-state index in [1.54, 1.807) is 0 Å². The molecule has 5 rings (SSSR count). The van der Waals surface area contributed by atoms with E-state index in [9.17, 15) is 4.79 Å². The Morgan fingerprint density at radius 3 is 2.57 bits per heavy atom. The molecule has 1 aliphatic rings. The van der Waals surface area contributed by atoms with Gasteiger partial charge in [-0.2, -0.15) is 0 Å². The molecule has 4 nitrogen and oxygen atoms in total. The third-order valence-corrected chi connectivity index (χ3v) is 5.63. The normalized spacial score (nSPS) is 13.9. The van der Waals surface area contributed by atoms with E-state index in [0.29, 0.717) is 12.5 Å². The number of aromatic nitrogens is 3. The summed E-state index contributed by atoms with van der Waals surface area (Å²) < 4.78 is 1.86. The van der Waals surface area contributed by atoms with Crippen molar-refractivity contribution in [1.29, 1.82) is 0 Å². The van der Waals surface area contributed by atoms with Gasteiger partial charge in [-0.3, -0.25) is 4.79 Å². The minimum absolute atomic E-state index is 0.102. The first kappa shape index (κ1) is 17.0. The number of hydrogen-bond acceptors (Lipinski definition) is 2. The Bertz CT molecular complexity index is 1230. The van der Waals surface area contributed by atoms with Crippen LogP contribution in [0, 0.1) is 6.92 Å². The highest BCUT2D eigenvalue weighted by Crippen LogP contribution is 2.43. The molecule has 0 spiro atoms. The lowest BCUT2D eigenvalue weighted by Gasteiger charge is -2.13. The summed E-state index contributed by atoms with van der Waals surface area (Å²) >= 11 is 0. The van der Waals surface area contributed by atoms with Gasteiger partial charge < -0.3 is 9.55 Å². The van der Waals surface area contributed by atoms with Crippen molar-refractivity contribution in [2.45, 2.75) is 39.2 Å². The number of aromatic amines is 1. The molecule has 0 bridgehead atoms. The summed E-state index contributed by atoms with van der Waals surface area (Å²) in [6.07, 6.45) is 2.34. The number of aryl methyl sites for hydroxylation is 2. The van der Waals surface area contributed by atoms with Gasteiger partial charge in [-0.05, 0) is 50.3 Å². The molecule has 4 aromatic rings. The summed E-state index contributed by atoms with van der Waals surface area (Å²) in [6.45, 7) is 4.69. The van der Waals surface area contributed by atoms with Gasteiger partial charge in [0, 0.05) is 29.1 Å². The largest absolute Gasteiger partial charge is 0.342 e. The summed E-state index contributed by atoms with van der Waals surface area (Å²) in [7, 11) is 0. The van der Waals surface area contributed by atoms with Gasteiger partial charge in [-0.15, -0.1) is 0 Å². The zero-order chi connectivity index (χ0) is 19.3. The van der Waals surface area contributed by atoms with Crippen molar-refractivity contribution in [2.75, 3.05) is 0 Å². The van der Waals surface area contributed by atoms with Crippen LogP contribution < -0.4 is 5.56 Å². The SMILES string of the molecule is CCn1c(=O)cc(C2CC2)c2cc(-c3nc(C)[nH]c3-c3ccccc3)ccc21. The fourth-order valence-corrected chi connectivity index (χ4v) is 4.13. The molecular formula is C24H23N3O. The molecular weight excluding hydrogens is 346 g/mol. The highest BCUT2D eigenvalue weighted by molar-refractivity contribution is 5.90. The minimum Gasteiger partial charge on any atom is -0.342 e. The topological polar surface area (TPSA) is 50.7 Å². The van der Waals surface area contributed by atoms with Crippen LogP contribution in [0.5, 0.6) is 0 Å². The van der Waals surface area contributed by atoms with Gasteiger partial charge in [0.1, 0.15) is 5.82 Å². The Labute approximate surface area is 163 Å². The number of fused-ring (bicyclic) bond motifs is 1. The van der Waals surface area contributed by atoms with Crippen molar-refractivity contribution in [3.8, 4) is 22.5 Å². The average molecular weight is 369 g/mol. The minimum atomic E-state index is 0.102. The number of pyridine rings is 1. The van der Waals surface area contributed by atoms with Crippen molar-refractivity contribution < 1.29 is 0 Å². The fraction of sp³-hybridized carbons (Fsp3) is 0.250. The van der Waals surface area contributed by atoms with Crippen LogP contribution in [-0.2, 0) is 6.54 Å². The first-order chi connectivity index (χ1) is 13.7. The van der Waals surface area contributed by atoms with E-state index in [1.165, 1.54) is 23.8 Å². The van der Waals surface area contributed by atoms with Crippen LogP contribution in [0.4, 0.5) is 0 Å². The Kier molecular flexibility index (Phi) is 3.93. The molecule has 28 heavy (non-hydrogen) atoms. The molecule has 2 heterocycles. The van der Waals surface area contributed by atoms with Crippen LogP contribution in [-0.4, -0.2) is 14.5 Å². The second-order valence-corrected chi connectivity index (χ2v) is 7.60. The summed E-state index contributed by atoms with van der Waals surface area (Å²) in [5.41, 5.74) is 6.52.